The zero-order valence-corrected chi connectivity index (χ0v) is 13.8. The Morgan fingerprint density at radius 3 is 2.79 bits per heavy atom. The fourth-order valence-corrected chi connectivity index (χ4v) is 4.30. The highest BCUT2D eigenvalue weighted by atomic mass is 79.9. The third kappa shape index (κ3) is 2.83. The van der Waals surface area contributed by atoms with Crippen LogP contribution in [0.1, 0.15) is 22.9 Å². The summed E-state index contributed by atoms with van der Waals surface area (Å²) in [5.41, 5.74) is 2.23. The summed E-state index contributed by atoms with van der Waals surface area (Å²) in [4.78, 5) is 5.81. The molecule has 1 unspecified atom stereocenters. The minimum atomic E-state index is 0.308. The summed E-state index contributed by atoms with van der Waals surface area (Å²) in [6.45, 7) is 4.23. The molecule has 1 atom stereocenters. The van der Waals surface area contributed by atoms with Crippen molar-refractivity contribution in [2.75, 3.05) is 5.32 Å². The maximum absolute atomic E-state index is 4.48. The van der Waals surface area contributed by atoms with E-state index in [1.54, 1.807) is 22.7 Å². The van der Waals surface area contributed by atoms with Crippen LogP contribution < -0.4 is 5.32 Å². The molecule has 5 heteroatoms. The van der Waals surface area contributed by atoms with Crippen molar-refractivity contribution in [2.45, 2.75) is 19.9 Å². The highest BCUT2D eigenvalue weighted by Gasteiger charge is 2.09. The summed E-state index contributed by atoms with van der Waals surface area (Å²) in [7, 11) is 0. The molecule has 19 heavy (non-hydrogen) atoms. The van der Waals surface area contributed by atoms with Crippen molar-refractivity contribution in [1.29, 1.82) is 0 Å². The zero-order valence-electron chi connectivity index (χ0n) is 10.6. The Kier molecular flexibility index (Phi) is 3.60. The van der Waals surface area contributed by atoms with Crippen LogP contribution in [0.4, 0.5) is 5.69 Å². The van der Waals surface area contributed by atoms with Gasteiger partial charge in [-0.05, 0) is 60.1 Å². The van der Waals surface area contributed by atoms with Gasteiger partial charge in [0.1, 0.15) is 0 Å². The van der Waals surface area contributed by atoms with Gasteiger partial charge in [0.25, 0.3) is 0 Å². The topological polar surface area (TPSA) is 24.9 Å². The van der Waals surface area contributed by atoms with Crippen LogP contribution in [-0.4, -0.2) is 4.98 Å². The Hall–Kier alpha value is -0.910. The number of thiophene rings is 1. The van der Waals surface area contributed by atoms with E-state index in [2.05, 4.69) is 63.5 Å². The lowest BCUT2D eigenvalue weighted by Crippen LogP contribution is -2.04. The second-order valence-corrected chi connectivity index (χ2v) is 8.15. The molecule has 0 bridgehead atoms. The largest absolute Gasteiger partial charge is 0.378 e. The lowest BCUT2D eigenvalue weighted by Gasteiger charge is -2.13. The van der Waals surface area contributed by atoms with Gasteiger partial charge in [-0.2, -0.15) is 0 Å². The fraction of sp³-hybridized carbons (Fsp3) is 0.214. The predicted octanol–water partition coefficient (Wildman–Crippen LogP) is 5.60. The van der Waals surface area contributed by atoms with Crippen LogP contribution in [0.2, 0.25) is 0 Å². The van der Waals surface area contributed by atoms with Gasteiger partial charge >= 0.3 is 0 Å². The molecule has 3 aromatic rings. The molecule has 2 aromatic heterocycles. The average molecular weight is 353 g/mol. The molecule has 0 aliphatic carbocycles. The Bertz CT molecular complexity index is 717. The lowest BCUT2D eigenvalue weighted by atomic mass is 10.2. The number of fused-ring (bicyclic) bond motifs is 1. The molecule has 0 saturated heterocycles. The molecule has 2 nitrogen and oxygen atoms in total. The Labute approximate surface area is 128 Å². The van der Waals surface area contributed by atoms with Gasteiger partial charge in [0.15, 0.2) is 0 Å². The van der Waals surface area contributed by atoms with Crippen LogP contribution in [0.5, 0.6) is 0 Å². The fourth-order valence-electron chi connectivity index (χ4n) is 2.01. The van der Waals surface area contributed by atoms with Gasteiger partial charge in [-0.1, -0.05) is 0 Å². The van der Waals surface area contributed by atoms with Crippen molar-refractivity contribution in [1.82, 2.24) is 4.98 Å². The first-order valence-electron chi connectivity index (χ1n) is 6.01. The normalized spacial score (nSPS) is 12.8. The molecule has 0 radical (unpaired) electrons. The highest BCUT2D eigenvalue weighted by Crippen LogP contribution is 2.31. The molecule has 0 aliphatic heterocycles. The van der Waals surface area contributed by atoms with Crippen LogP contribution in [0.25, 0.3) is 10.2 Å². The first kappa shape index (κ1) is 13.1. The van der Waals surface area contributed by atoms with Gasteiger partial charge in [0, 0.05) is 10.6 Å². The first-order valence-corrected chi connectivity index (χ1v) is 8.43. The van der Waals surface area contributed by atoms with Crippen LogP contribution >= 0.6 is 38.6 Å². The molecule has 0 aliphatic rings. The van der Waals surface area contributed by atoms with Crippen molar-refractivity contribution < 1.29 is 0 Å². The van der Waals surface area contributed by atoms with E-state index in [1.807, 2.05) is 6.92 Å². The number of benzene rings is 1. The van der Waals surface area contributed by atoms with Crippen molar-refractivity contribution in [3.8, 4) is 0 Å². The maximum atomic E-state index is 4.48. The van der Waals surface area contributed by atoms with Gasteiger partial charge in [-0.25, -0.2) is 4.98 Å². The molecule has 0 fully saturated rings. The van der Waals surface area contributed by atoms with Crippen LogP contribution in [0.15, 0.2) is 34.1 Å². The van der Waals surface area contributed by atoms with Crippen LogP contribution in [-0.2, 0) is 0 Å². The second kappa shape index (κ2) is 5.23. The van der Waals surface area contributed by atoms with Crippen LogP contribution in [0.3, 0.4) is 0 Å². The quantitative estimate of drug-likeness (QED) is 0.663. The van der Waals surface area contributed by atoms with Crippen molar-refractivity contribution in [3.05, 3.63) is 44.0 Å². The molecule has 1 N–H and O–H groups in total. The Balaban J connectivity index is 1.84. The summed E-state index contributed by atoms with van der Waals surface area (Å²) in [5.74, 6) is 0. The average Bonchev–Trinajstić information content (AvgIpc) is 2.93. The second-order valence-electron chi connectivity index (χ2n) is 4.42. The number of halogens is 1. The van der Waals surface area contributed by atoms with E-state index in [1.165, 1.54) is 13.4 Å². The summed E-state index contributed by atoms with van der Waals surface area (Å²) in [6, 6.07) is 10.9. The number of thiazole rings is 1. The van der Waals surface area contributed by atoms with E-state index in [0.29, 0.717) is 6.04 Å². The Morgan fingerprint density at radius 1 is 1.21 bits per heavy atom. The van der Waals surface area contributed by atoms with Crippen molar-refractivity contribution >= 4 is 54.5 Å². The van der Waals surface area contributed by atoms with Gasteiger partial charge in [-0.15, -0.1) is 22.7 Å². The summed E-state index contributed by atoms with van der Waals surface area (Å²) in [6.07, 6.45) is 0. The van der Waals surface area contributed by atoms with E-state index in [9.17, 15) is 0 Å². The molecule has 98 valence electrons. The van der Waals surface area contributed by atoms with Gasteiger partial charge in [0.2, 0.25) is 0 Å². The van der Waals surface area contributed by atoms with E-state index >= 15 is 0 Å². The molecule has 3 rings (SSSR count). The number of nitrogens with zero attached hydrogens (tertiary/aromatic N) is 1. The molecule has 2 heterocycles. The lowest BCUT2D eigenvalue weighted by molar-refractivity contribution is 0.909. The van der Waals surface area contributed by atoms with E-state index in [0.717, 1.165) is 16.2 Å². The van der Waals surface area contributed by atoms with Crippen molar-refractivity contribution in [2.24, 2.45) is 0 Å². The first-order chi connectivity index (χ1) is 9.11. The molecule has 0 amide bonds. The number of nitrogens with one attached hydrogen (secondary N) is 1. The van der Waals surface area contributed by atoms with Crippen molar-refractivity contribution in [3.63, 3.8) is 0 Å². The number of hydrogen-bond acceptors (Lipinski definition) is 4. The summed E-state index contributed by atoms with van der Waals surface area (Å²) >= 11 is 7.01. The van der Waals surface area contributed by atoms with Gasteiger partial charge < -0.3 is 5.32 Å². The minimum Gasteiger partial charge on any atom is -0.378 e. The minimum absolute atomic E-state index is 0.308. The Morgan fingerprint density at radius 2 is 2.05 bits per heavy atom. The monoisotopic (exact) mass is 352 g/mol. The number of aromatic nitrogens is 1. The van der Waals surface area contributed by atoms with E-state index in [4.69, 9.17) is 0 Å². The smallest absolute Gasteiger partial charge is 0.0907 e. The highest BCUT2D eigenvalue weighted by molar-refractivity contribution is 9.11. The van der Waals surface area contributed by atoms with E-state index < -0.39 is 0 Å². The third-order valence-electron chi connectivity index (χ3n) is 2.90. The third-order valence-corrected chi connectivity index (χ3v) is 5.64. The van der Waals surface area contributed by atoms with Gasteiger partial charge in [-0.3, -0.25) is 0 Å². The molecule has 0 saturated carbocycles. The van der Waals surface area contributed by atoms with Crippen LogP contribution in [0, 0.1) is 6.92 Å². The number of rotatable bonds is 3. The molecule has 1 aromatic carbocycles. The molecule has 0 spiro atoms. The molecular formula is C14H13BrN2S2. The standard InChI is InChI=1S/C14H13BrN2S2/c1-8(12-5-6-14(15)19-12)16-10-3-4-11-13(7-10)18-9(2)17-11/h3-8,16H,1-2H3. The van der Waals surface area contributed by atoms with Gasteiger partial charge in [0.05, 0.1) is 25.1 Å². The zero-order chi connectivity index (χ0) is 13.4. The SMILES string of the molecule is Cc1nc2ccc(NC(C)c3ccc(Br)s3)cc2s1. The predicted molar refractivity (Wildman–Crippen MR) is 88.4 cm³/mol. The summed E-state index contributed by atoms with van der Waals surface area (Å²) < 4.78 is 2.41. The van der Waals surface area contributed by atoms with E-state index in [-0.39, 0.29) is 0 Å². The molecular weight excluding hydrogens is 340 g/mol. The summed E-state index contributed by atoms with van der Waals surface area (Å²) in [5, 5.41) is 4.65. The maximum Gasteiger partial charge on any atom is 0.0907 e. The number of hydrogen-bond donors (Lipinski definition) is 1. The number of anilines is 1. The number of aryl methyl sites for hydroxylation is 1.